The van der Waals surface area contributed by atoms with E-state index in [1.165, 1.54) is 11.8 Å². The van der Waals surface area contributed by atoms with Gasteiger partial charge in [-0.1, -0.05) is 64.1 Å². The van der Waals surface area contributed by atoms with Crippen LogP contribution in [0.25, 0.3) is 17.2 Å². The summed E-state index contributed by atoms with van der Waals surface area (Å²) in [7, 11) is -1.30. The quantitative estimate of drug-likeness (QED) is 0.0805. The summed E-state index contributed by atoms with van der Waals surface area (Å²) >= 11 is 1.54. The Hall–Kier alpha value is -3.93. The van der Waals surface area contributed by atoms with Gasteiger partial charge >= 0.3 is 0 Å². The first kappa shape index (κ1) is 38.3. The van der Waals surface area contributed by atoms with Gasteiger partial charge in [-0.05, 0) is 103 Å². The molecule has 1 atom stereocenters. The van der Waals surface area contributed by atoms with Crippen molar-refractivity contribution in [1.29, 1.82) is 0 Å². The smallest absolute Gasteiger partial charge is 0.251 e. The number of nitrogens with zero attached hydrogens (tertiary/aromatic N) is 4. The molecule has 51 heavy (non-hydrogen) atoms. The van der Waals surface area contributed by atoms with Crippen molar-refractivity contribution < 1.29 is 18.5 Å². The molecule has 0 spiro atoms. The molecule has 1 N–H and O–H groups in total. The second-order valence-electron chi connectivity index (χ2n) is 13.1. The van der Waals surface area contributed by atoms with Crippen LogP contribution in [0.3, 0.4) is 0 Å². The molecular weight excluding hydrogens is 679 g/mol. The zero-order valence-electron chi connectivity index (χ0n) is 30.5. The number of carbonyl (C=O) groups is 1. The van der Waals surface area contributed by atoms with E-state index in [1.807, 2.05) is 53.3 Å². The minimum atomic E-state index is -1.30. The van der Waals surface area contributed by atoms with Crippen LogP contribution < -0.4 is 15.0 Å². The van der Waals surface area contributed by atoms with Gasteiger partial charge in [0.05, 0.1) is 23.2 Å². The Balaban J connectivity index is 1.28. The highest BCUT2D eigenvalue weighted by atomic mass is 32.2. The number of hydrogen-bond donors (Lipinski definition) is 1. The van der Waals surface area contributed by atoms with Crippen molar-refractivity contribution in [2.24, 2.45) is 5.92 Å². The van der Waals surface area contributed by atoms with E-state index in [0.717, 1.165) is 90.2 Å². The molecular formula is C40H51N5O4S2. The highest BCUT2D eigenvalue weighted by Crippen LogP contribution is 2.34. The lowest BCUT2D eigenvalue weighted by molar-refractivity contribution is -0.112. The normalized spacial score (nSPS) is 13.5. The molecule has 0 radical (unpaired) electrons. The molecule has 1 amide bonds. The second-order valence-corrected chi connectivity index (χ2v) is 15.3. The summed E-state index contributed by atoms with van der Waals surface area (Å²) in [5, 5.41) is 12.5. The molecule has 3 aromatic carbocycles. The lowest BCUT2D eigenvalue weighted by Gasteiger charge is -2.27. The van der Waals surface area contributed by atoms with Gasteiger partial charge in [-0.2, -0.15) is 0 Å². The van der Waals surface area contributed by atoms with Gasteiger partial charge in [-0.3, -0.25) is 9.00 Å². The zero-order valence-corrected chi connectivity index (χ0v) is 32.2. The molecule has 1 aliphatic rings. The first-order chi connectivity index (χ1) is 24.8. The Labute approximate surface area is 309 Å². The summed E-state index contributed by atoms with van der Waals surface area (Å²) in [6.45, 7) is 13.0. The number of unbranched alkanes of at least 4 members (excludes halogenated alkanes) is 1. The lowest BCUT2D eigenvalue weighted by atomic mass is 10.00. The molecule has 11 heteroatoms. The standard InChI is InChI=1S/C40H51N5O4S2/c1-6-8-22-48-23-24-49-35-14-9-30(10-15-35)31-11-18-37-33(25-31)26-32(19-21-44(37)27-29(3)4)39(46)41-34-12-16-36(17-13-34)51(47)28-38-42-43-40(50-5)45(38)20-7-2/h9-18,25-26,29H,6-8,19-24,27-28H2,1-5H3,(H,41,46). The maximum Gasteiger partial charge on any atom is 0.251 e. The number of nitrogens with one attached hydrogen (secondary N) is 1. The summed E-state index contributed by atoms with van der Waals surface area (Å²) in [4.78, 5) is 16.8. The van der Waals surface area contributed by atoms with Crippen molar-refractivity contribution in [3.63, 3.8) is 0 Å². The van der Waals surface area contributed by atoms with Gasteiger partial charge in [0, 0.05) is 48.1 Å². The fourth-order valence-corrected chi connectivity index (χ4v) is 7.61. The average molecular weight is 730 g/mol. The number of hydrogen-bond acceptors (Lipinski definition) is 8. The van der Waals surface area contributed by atoms with Crippen LogP contribution >= 0.6 is 11.8 Å². The minimum Gasteiger partial charge on any atom is -0.491 e. The van der Waals surface area contributed by atoms with Crippen molar-refractivity contribution in [2.75, 3.05) is 49.4 Å². The van der Waals surface area contributed by atoms with Crippen LogP contribution in [0.5, 0.6) is 5.75 Å². The number of carbonyl (C=O) groups excluding carboxylic acids is 1. The number of aromatic nitrogens is 3. The largest absolute Gasteiger partial charge is 0.491 e. The summed E-state index contributed by atoms with van der Waals surface area (Å²) in [6, 6.07) is 21.9. The topological polar surface area (TPSA) is 98.6 Å². The Kier molecular flexibility index (Phi) is 14.3. The third-order valence-corrected chi connectivity index (χ3v) is 10.6. The summed E-state index contributed by atoms with van der Waals surface area (Å²) in [6.07, 6.45) is 7.75. The predicted octanol–water partition coefficient (Wildman–Crippen LogP) is 8.47. The van der Waals surface area contributed by atoms with Crippen molar-refractivity contribution in [3.8, 4) is 16.9 Å². The van der Waals surface area contributed by atoms with Gasteiger partial charge in [-0.25, -0.2) is 0 Å². The fourth-order valence-electron chi connectivity index (χ4n) is 6.02. The maximum atomic E-state index is 13.7. The van der Waals surface area contributed by atoms with Crippen molar-refractivity contribution in [3.05, 3.63) is 83.7 Å². The molecule has 2 heterocycles. The number of thioether (sulfide) groups is 1. The van der Waals surface area contributed by atoms with Crippen molar-refractivity contribution in [2.45, 2.75) is 75.7 Å². The predicted molar refractivity (Wildman–Crippen MR) is 210 cm³/mol. The molecule has 0 fully saturated rings. The molecule has 0 saturated carbocycles. The molecule has 4 aromatic rings. The van der Waals surface area contributed by atoms with E-state index in [1.54, 1.807) is 0 Å². The number of ether oxygens (including phenoxy) is 2. The molecule has 0 aliphatic carbocycles. The second kappa shape index (κ2) is 19.1. The highest BCUT2D eigenvalue weighted by molar-refractivity contribution is 7.98. The summed E-state index contributed by atoms with van der Waals surface area (Å²) < 4.78 is 26.8. The van der Waals surface area contributed by atoms with Gasteiger partial charge in [0.15, 0.2) is 5.16 Å². The SMILES string of the molecule is CCCCOCCOc1ccc(-c2ccc3c(c2)C=C(C(=O)Nc2ccc(S(=O)Cc4nnc(SC)n4CCC)cc2)CCN3CC(C)C)cc1. The average Bonchev–Trinajstić information content (AvgIpc) is 3.42. The van der Waals surface area contributed by atoms with E-state index in [9.17, 15) is 9.00 Å². The number of amides is 1. The van der Waals surface area contributed by atoms with Gasteiger partial charge in [0.2, 0.25) is 0 Å². The van der Waals surface area contributed by atoms with Crippen LogP contribution in [0.1, 0.15) is 64.8 Å². The van der Waals surface area contributed by atoms with Crippen LogP contribution in [0.4, 0.5) is 11.4 Å². The number of benzene rings is 3. The van der Waals surface area contributed by atoms with Crippen LogP contribution in [0, 0.1) is 5.92 Å². The van der Waals surface area contributed by atoms with Crippen LogP contribution in [-0.2, 0) is 32.6 Å². The molecule has 1 aliphatic heterocycles. The van der Waals surface area contributed by atoms with E-state index in [-0.39, 0.29) is 11.7 Å². The van der Waals surface area contributed by atoms with Crippen LogP contribution in [0.15, 0.2) is 82.4 Å². The molecule has 272 valence electrons. The highest BCUT2D eigenvalue weighted by Gasteiger charge is 2.21. The number of fused-ring (bicyclic) bond motifs is 1. The maximum absolute atomic E-state index is 13.7. The number of rotatable bonds is 18. The monoisotopic (exact) mass is 729 g/mol. The van der Waals surface area contributed by atoms with E-state index in [0.29, 0.717) is 36.1 Å². The molecule has 1 unspecified atom stereocenters. The molecule has 1 aromatic heterocycles. The van der Waals surface area contributed by atoms with Crippen molar-refractivity contribution in [1.82, 2.24) is 14.8 Å². The molecule has 9 nitrogen and oxygen atoms in total. The third-order valence-electron chi connectivity index (χ3n) is 8.61. The zero-order chi connectivity index (χ0) is 36.2. The third kappa shape index (κ3) is 10.6. The first-order valence-electron chi connectivity index (χ1n) is 18.0. The Morgan fingerprint density at radius 1 is 0.961 bits per heavy atom. The molecule has 0 saturated heterocycles. The molecule has 0 bridgehead atoms. The number of anilines is 2. The Morgan fingerprint density at radius 3 is 2.43 bits per heavy atom. The van der Waals surface area contributed by atoms with E-state index >= 15 is 0 Å². The van der Waals surface area contributed by atoms with Crippen molar-refractivity contribution >= 4 is 45.9 Å². The van der Waals surface area contributed by atoms with Crippen LogP contribution in [0.2, 0.25) is 0 Å². The Morgan fingerprint density at radius 2 is 1.73 bits per heavy atom. The fraction of sp³-hybridized carbons (Fsp3) is 0.425. The Bertz CT molecular complexity index is 1790. The molecule has 5 rings (SSSR count). The van der Waals surface area contributed by atoms with Gasteiger partial charge < -0.3 is 24.3 Å². The van der Waals surface area contributed by atoms with E-state index in [4.69, 9.17) is 9.47 Å². The van der Waals surface area contributed by atoms with E-state index < -0.39 is 10.8 Å². The minimum absolute atomic E-state index is 0.135. The summed E-state index contributed by atoms with van der Waals surface area (Å²) in [5.74, 6) is 2.15. The first-order valence-corrected chi connectivity index (χ1v) is 20.5. The van der Waals surface area contributed by atoms with Gasteiger partial charge in [-0.15, -0.1) is 10.2 Å². The van der Waals surface area contributed by atoms with Crippen LogP contribution in [-0.4, -0.2) is 64.0 Å². The lowest BCUT2D eigenvalue weighted by Crippen LogP contribution is -2.29. The van der Waals surface area contributed by atoms with Gasteiger partial charge in [0.1, 0.15) is 18.2 Å². The van der Waals surface area contributed by atoms with Gasteiger partial charge in [0.25, 0.3) is 5.91 Å². The summed E-state index contributed by atoms with van der Waals surface area (Å²) in [5.41, 5.74) is 5.68. The van der Waals surface area contributed by atoms with E-state index in [2.05, 4.69) is 78.4 Å².